The quantitative estimate of drug-likeness (QED) is 0.706. The van der Waals surface area contributed by atoms with Gasteiger partial charge in [0.25, 0.3) is 11.5 Å². The van der Waals surface area contributed by atoms with Gasteiger partial charge in [-0.3, -0.25) is 15.0 Å². The Labute approximate surface area is 146 Å². The topological polar surface area (TPSA) is 71.3 Å². The van der Waals surface area contributed by atoms with Gasteiger partial charge in [-0.1, -0.05) is 42.5 Å². The maximum atomic E-state index is 12.3. The molecule has 0 radical (unpaired) electrons. The maximum Gasteiger partial charge on any atom is 0.274 e. The van der Waals surface area contributed by atoms with E-state index in [0.717, 1.165) is 15.1 Å². The second-order valence-electron chi connectivity index (χ2n) is 4.87. The third kappa shape index (κ3) is 3.27. The Morgan fingerprint density at radius 2 is 1.75 bits per heavy atom. The Balaban J connectivity index is 1.96. The number of rotatable bonds is 3. The molecule has 120 valence electrons. The summed E-state index contributed by atoms with van der Waals surface area (Å²) in [5.41, 5.74) is 2.93. The number of para-hydroxylation sites is 1. The van der Waals surface area contributed by atoms with Crippen molar-refractivity contribution in [1.82, 2.24) is 4.68 Å². The molecule has 7 heteroatoms. The molecule has 0 saturated carbocycles. The van der Waals surface area contributed by atoms with Crippen LogP contribution in [0.4, 0.5) is 0 Å². The van der Waals surface area contributed by atoms with E-state index >= 15 is 0 Å². The number of amides is 1. The molecule has 2 aromatic carbocycles. The van der Waals surface area contributed by atoms with Crippen LogP contribution in [0, 0.1) is 3.95 Å². The maximum absolute atomic E-state index is 12.3. The number of nitrogens with one attached hydrogen (secondary N) is 1. The Morgan fingerprint density at radius 3 is 2.42 bits per heavy atom. The standard InChI is InChI=1S/C17H12N2O3S2/c20-13-9-5-4-8-12(13)16(22)18-19-15(21)10-14(24-17(19)23)11-6-2-1-3-7-11/h1-10,20H,(H,18,22). The van der Waals surface area contributed by atoms with Crippen LogP contribution in [0.1, 0.15) is 10.4 Å². The van der Waals surface area contributed by atoms with Gasteiger partial charge in [0, 0.05) is 10.9 Å². The van der Waals surface area contributed by atoms with Gasteiger partial charge < -0.3 is 5.11 Å². The Kier molecular flexibility index (Phi) is 4.54. The lowest BCUT2D eigenvalue weighted by Gasteiger charge is -2.09. The Morgan fingerprint density at radius 1 is 1.08 bits per heavy atom. The minimum atomic E-state index is -0.610. The summed E-state index contributed by atoms with van der Waals surface area (Å²) in [7, 11) is 0. The lowest BCUT2D eigenvalue weighted by atomic mass is 10.2. The molecule has 0 spiro atoms. The number of nitrogens with zero attached hydrogens (tertiary/aromatic N) is 1. The molecule has 0 aliphatic heterocycles. The van der Waals surface area contributed by atoms with Crippen LogP contribution in [0.15, 0.2) is 65.5 Å². The summed E-state index contributed by atoms with van der Waals surface area (Å²) in [6.45, 7) is 0. The highest BCUT2D eigenvalue weighted by atomic mass is 32.1. The number of aromatic hydroxyl groups is 1. The van der Waals surface area contributed by atoms with Crippen LogP contribution < -0.4 is 11.0 Å². The van der Waals surface area contributed by atoms with Crippen molar-refractivity contribution >= 4 is 29.5 Å². The van der Waals surface area contributed by atoms with Crippen molar-refractivity contribution in [2.24, 2.45) is 0 Å². The zero-order valence-electron chi connectivity index (χ0n) is 12.3. The first-order valence-corrected chi connectivity index (χ1v) is 8.21. The third-order valence-electron chi connectivity index (χ3n) is 3.28. The molecule has 0 atom stereocenters. The lowest BCUT2D eigenvalue weighted by molar-refractivity contribution is 0.100. The Hall–Kier alpha value is -2.77. The zero-order valence-corrected chi connectivity index (χ0v) is 13.9. The summed E-state index contributed by atoms with van der Waals surface area (Å²) >= 11 is 6.45. The fraction of sp³-hybridized carbons (Fsp3) is 0. The van der Waals surface area contributed by atoms with Crippen molar-refractivity contribution in [1.29, 1.82) is 0 Å². The molecular formula is C17H12N2O3S2. The fourth-order valence-electron chi connectivity index (χ4n) is 2.11. The highest BCUT2D eigenvalue weighted by Crippen LogP contribution is 2.22. The van der Waals surface area contributed by atoms with Gasteiger partial charge in [-0.15, -0.1) is 11.3 Å². The first-order chi connectivity index (χ1) is 11.6. The number of aromatic nitrogens is 1. The summed E-state index contributed by atoms with van der Waals surface area (Å²) < 4.78 is 1.21. The van der Waals surface area contributed by atoms with Crippen LogP contribution in [0.25, 0.3) is 10.4 Å². The largest absolute Gasteiger partial charge is 0.507 e. The van der Waals surface area contributed by atoms with Gasteiger partial charge in [0.1, 0.15) is 5.75 Å². The van der Waals surface area contributed by atoms with Crippen LogP contribution in [-0.4, -0.2) is 15.7 Å². The lowest BCUT2D eigenvalue weighted by Crippen LogP contribution is -2.32. The summed E-state index contributed by atoms with van der Waals surface area (Å²) in [4.78, 5) is 25.3. The van der Waals surface area contributed by atoms with Crippen LogP contribution in [-0.2, 0) is 0 Å². The molecule has 1 amide bonds. The van der Waals surface area contributed by atoms with Gasteiger partial charge in [0.2, 0.25) is 0 Å². The molecule has 1 aromatic heterocycles. The predicted molar refractivity (Wildman–Crippen MR) is 96.6 cm³/mol. The Bertz CT molecular complexity index is 979. The highest BCUT2D eigenvalue weighted by molar-refractivity contribution is 7.73. The molecular weight excluding hydrogens is 344 g/mol. The third-order valence-corrected chi connectivity index (χ3v) is 4.64. The van der Waals surface area contributed by atoms with Crippen LogP contribution in [0.2, 0.25) is 0 Å². The number of phenolic OH excluding ortho intramolecular Hbond substituents is 1. The molecule has 0 aliphatic rings. The van der Waals surface area contributed by atoms with Crippen LogP contribution >= 0.6 is 23.6 Å². The molecule has 3 aromatic rings. The van der Waals surface area contributed by atoms with E-state index < -0.39 is 11.5 Å². The summed E-state index contributed by atoms with van der Waals surface area (Å²) in [6, 6.07) is 16.9. The number of hydrogen-bond donors (Lipinski definition) is 2. The van der Waals surface area contributed by atoms with Gasteiger partial charge in [-0.05, 0) is 29.9 Å². The predicted octanol–water partition coefficient (Wildman–Crippen LogP) is 3.40. The number of carbonyl (C=O) groups is 1. The first kappa shape index (κ1) is 16.1. The zero-order chi connectivity index (χ0) is 17.1. The molecule has 2 N–H and O–H groups in total. The van der Waals surface area contributed by atoms with E-state index in [1.54, 1.807) is 12.1 Å². The van der Waals surface area contributed by atoms with E-state index in [-0.39, 0.29) is 15.3 Å². The van der Waals surface area contributed by atoms with Crippen molar-refractivity contribution in [2.75, 3.05) is 5.43 Å². The monoisotopic (exact) mass is 356 g/mol. The van der Waals surface area contributed by atoms with E-state index in [4.69, 9.17) is 12.2 Å². The number of hydrogen-bond acceptors (Lipinski definition) is 5. The van der Waals surface area contributed by atoms with Crippen LogP contribution in [0.3, 0.4) is 0 Å². The summed E-state index contributed by atoms with van der Waals surface area (Å²) in [6.07, 6.45) is 0. The summed E-state index contributed by atoms with van der Waals surface area (Å²) in [5.74, 6) is -0.778. The van der Waals surface area contributed by atoms with Crippen molar-refractivity contribution in [3.63, 3.8) is 0 Å². The van der Waals surface area contributed by atoms with Crippen molar-refractivity contribution < 1.29 is 9.90 Å². The van der Waals surface area contributed by atoms with E-state index in [1.165, 1.54) is 29.5 Å². The second-order valence-corrected chi connectivity index (χ2v) is 6.55. The van der Waals surface area contributed by atoms with Crippen LogP contribution in [0.5, 0.6) is 5.75 Å². The smallest absolute Gasteiger partial charge is 0.274 e. The van der Waals surface area contributed by atoms with Gasteiger partial charge in [0.15, 0.2) is 3.95 Å². The first-order valence-electron chi connectivity index (χ1n) is 6.98. The summed E-state index contributed by atoms with van der Waals surface area (Å²) in [5, 5.41) is 9.72. The van der Waals surface area contributed by atoms with E-state index in [2.05, 4.69) is 5.43 Å². The average Bonchev–Trinajstić information content (AvgIpc) is 2.59. The highest BCUT2D eigenvalue weighted by Gasteiger charge is 2.13. The number of benzene rings is 2. The van der Waals surface area contributed by atoms with Crippen molar-refractivity contribution in [3.8, 4) is 16.2 Å². The van der Waals surface area contributed by atoms with Gasteiger partial charge in [0.05, 0.1) is 5.56 Å². The minimum Gasteiger partial charge on any atom is -0.507 e. The van der Waals surface area contributed by atoms with E-state index in [1.807, 2.05) is 30.3 Å². The molecule has 0 aliphatic carbocycles. The van der Waals surface area contributed by atoms with Gasteiger partial charge in [-0.2, -0.15) is 4.68 Å². The number of carbonyl (C=O) groups excluding carboxylic acids is 1. The number of phenols is 1. The molecule has 5 nitrogen and oxygen atoms in total. The van der Waals surface area contributed by atoms with Gasteiger partial charge in [-0.25, -0.2) is 0 Å². The second kappa shape index (κ2) is 6.77. The van der Waals surface area contributed by atoms with E-state index in [0.29, 0.717) is 0 Å². The molecule has 0 saturated heterocycles. The van der Waals surface area contributed by atoms with Gasteiger partial charge >= 0.3 is 0 Å². The molecule has 0 fully saturated rings. The fourth-order valence-corrected chi connectivity index (χ4v) is 3.34. The normalized spacial score (nSPS) is 10.3. The molecule has 1 heterocycles. The molecule has 3 rings (SSSR count). The van der Waals surface area contributed by atoms with Crippen molar-refractivity contribution in [3.05, 3.63) is 80.5 Å². The molecule has 0 unspecified atom stereocenters. The molecule has 0 bridgehead atoms. The SMILES string of the molecule is O=C(Nn1c(=O)cc(-c2ccccc2)sc1=S)c1ccccc1O. The average molecular weight is 356 g/mol. The molecule has 24 heavy (non-hydrogen) atoms. The van der Waals surface area contributed by atoms with Crippen molar-refractivity contribution in [2.45, 2.75) is 0 Å². The minimum absolute atomic E-state index is 0.0657. The van der Waals surface area contributed by atoms with E-state index in [9.17, 15) is 14.7 Å².